The minimum absolute atomic E-state index is 0.0367. The lowest BCUT2D eigenvalue weighted by atomic mass is 10.1. The molecule has 8 heteroatoms. The number of benzene rings is 2. The number of carbonyl (C=O) groups is 2. The maximum atomic E-state index is 13.1. The van der Waals surface area contributed by atoms with Crippen LogP contribution in [0.5, 0.6) is 0 Å². The van der Waals surface area contributed by atoms with Gasteiger partial charge in [0.05, 0.1) is 38.2 Å². The van der Waals surface area contributed by atoms with Crippen LogP contribution < -0.4 is 10.2 Å². The van der Waals surface area contributed by atoms with Gasteiger partial charge in [0, 0.05) is 17.7 Å². The molecule has 8 nitrogen and oxygen atoms in total. The van der Waals surface area contributed by atoms with E-state index in [0.29, 0.717) is 24.2 Å². The summed E-state index contributed by atoms with van der Waals surface area (Å²) in [6, 6.07) is 14.5. The smallest absolute Gasteiger partial charge is 0.270 e. The second-order valence-corrected chi connectivity index (χ2v) is 6.98. The molecule has 2 amide bonds. The highest BCUT2D eigenvalue weighted by atomic mass is 16.6. The van der Waals surface area contributed by atoms with Crippen molar-refractivity contribution >= 4 is 23.6 Å². The molecule has 2 aromatic carbocycles. The average molecular weight is 395 g/mol. The van der Waals surface area contributed by atoms with E-state index in [1.54, 1.807) is 47.4 Å². The number of nitro benzene ring substituents is 1. The third-order valence-corrected chi connectivity index (χ3v) is 4.83. The van der Waals surface area contributed by atoms with Crippen LogP contribution in [0.1, 0.15) is 15.9 Å². The SMILES string of the molecule is C[NH+]1CCN(C(=O)/C(=C/c2ccc([N+](=O)[O-])cc2)NC(=O)c2ccccc2)CC1. The number of quaternary nitrogens is 1. The Balaban J connectivity index is 1.86. The summed E-state index contributed by atoms with van der Waals surface area (Å²) in [6.45, 7) is 2.87. The maximum absolute atomic E-state index is 13.1. The third kappa shape index (κ3) is 5.26. The Morgan fingerprint density at radius 2 is 1.69 bits per heavy atom. The van der Waals surface area contributed by atoms with Gasteiger partial charge in [-0.2, -0.15) is 0 Å². The highest BCUT2D eigenvalue weighted by molar-refractivity contribution is 6.05. The van der Waals surface area contributed by atoms with E-state index in [9.17, 15) is 19.7 Å². The number of nitro groups is 1. The van der Waals surface area contributed by atoms with Gasteiger partial charge in [0.1, 0.15) is 5.70 Å². The van der Waals surface area contributed by atoms with Crippen LogP contribution in [-0.4, -0.2) is 54.9 Å². The minimum Gasteiger partial charge on any atom is -0.334 e. The first kappa shape index (κ1) is 20.2. The molecular formula is C21H23N4O4+. The third-order valence-electron chi connectivity index (χ3n) is 4.83. The summed E-state index contributed by atoms with van der Waals surface area (Å²) in [5.41, 5.74) is 1.14. The van der Waals surface area contributed by atoms with Crippen molar-refractivity contribution in [2.45, 2.75) is 0 Å². The molecule has 0 aromatic heterocycles. The first-order chi connectivity index (χ1) is 13.9. The van der Waals surface area contributed by atoms with E-state index < -0.39 is 4.92 Å². The lowest BCUT2D eigenvalue weighted by molar-refractivity contribution is -0.883. The average Bonchev–Trinajstić information content (AvgIpc) is 2.74. The number of likely N-dealkylation sites (N-methyl/N-ethyl adjacent to an activating group) is 1. The fraction of sp³-hybridized carbons (Fsp3) is 0.238. The Hall–Kier alpha value is -3.52. The molecule has 0 radical (unpaired) electrons. The number of amides is 2. The number of rotatable bonds is 5. The van der Waals surface area contributed by atoms with Gasteiger partial charge in [-0.1, -0.05) is 18.2 Å². The standard InChI is InChI=1S/C21H22N4O4/c1-23-11-13-24(14-12-23)21(27)19(22-20(26)17-5-3-2-4-6-17)15-16-7-9-18(10-8-16)25(28)29/h2-10,15H,11-14H2,1H3,(H,22,26)/p+1/b19-15-. The van der Waals surface area contributed by atoms with E-state index >= 15 is 0 Å². The first-order valence-corrected chi connectivity index (χ1v) is 9.37. The number of carbonyl (C=O) groups excluding carboxylic acids is 2. The normalized spacial score (nSPS) is 15.1. The summed E-state index contributed by atoms with van der Waals surface area (Å²) < 4.78 is 0. The fourth-order valence-electron chi connectivity index (χ4n) is 3.06. The van der Waals surface area contributed by atoms with E-state index in [1.807, 2.05) is 6.07 Å². The topological polar surface area (TPSA) is 97.0 Å². The molecule has 1 saturated heterocycles. The van der Waals surface area contributed by atoms with Gasteiger partial charge in [-0.3, -0.25) is 19.7 Å². The Bertz CT molecular complexity index is 917. The summed E-state index contributed by atoms with van der Waals surface area (Å²) in [5, 5.41) is 13.6. The van der Waals surface area contributed by atoms with Crippen molar-refractivity contribution in [3.63, 3.8) is 0 Å². The molecule has 0 unspecified atom stereocenters. The zero-order chi connectivity index (χ0) is 20.8. The molecule has 1 aliphatic heterocycles. The Morgan fingerprint density at radius 3 is 2.28 bits per heavy atom. The van der Waals surface area contributed by atoms with E-state index in [-0.39, 0.29) is 23.2 Å². The van der Waals surface area contributed by atoms with Gasteiger partial charge in [-0.25, -0.2) is 0 Å². The lowest BCUT2D eigenvalue weighted by Gasteiger charge is -2.30. The number of nitrogens with zero attached hydrogens (tertiary/aromatic N) is 2. The maximum Gasteiger partial charge on any atom is 0.270 e. The van der Waals surface area contributed by atoms with E-state index in [2.05, 4.69) is 12.4 Å². The van der Waals surface area contributed by atoms with Crippen molar-refractivity contribution in [2.75, 3.05) is 33.2 Å². The molecule has 0 spiro atoms. The fourth-order valence-corrected chi connectivity index (χ4v) is 3.06. The number of hydrogen-bond acceptors (Lipinski definition) is 4. The molecule has 29 heavy (non-hydrogen) atoms. The van der Waals surface area contributed by atoms with Crippen LogP contribution in [0.4, 0.5) is 5.69 Å². The zero-order valence-electron chi connectivity index (χ0n) is 16.1. The molecule has 0 atom stereocenters. The Kier molecular flexibility index (Phi) is 6.36. The Labute approximate surface area is 168 Å². The minimum atomic E-state index is -0.483. The summed E-state index contributed by atoms with van der Waals surface area (Å²) >= 11 is 0. The Morgan fingerprint density at radius 1 is 1.07 bits per heavy atom. The van der Waals surface area contributed by atoms with Crippen LogP contribution in [0.25, 0.3) is 6.08 Å². The summed E-state index contributed by atoms with van der Waals surface area (Å²) in [6.07, 6.45) is 1.55. The molecule has 1 heterocycles. The highest BCUT2D eigenvalue weighted by Gasteiger charge is 2.25. The van der Waals surface area contributed by atoms with Crippen molar-refractivity contribution in [1.29, 1.82) is 0 Å². The highest BCUT2D eigenvalue weighted by Crippen LogP contribution is 2.15. The second kappa shape index (κ2) is 9.11. The number of hydrogen-bond donors (Lipinski definition) is 2. The van der Waals surface area contributed by atoms with Crippen LogP contribution >= 0.6 is 0 Å². The van der Waals surface area contributed by atoms with Gasteiger partial charge in [0.2, 0.25) is 0 Å². The molecule has 1 aliphatic rings. The van der Waals surface area contributed by atoms with Crippen LogP contribution in [0.3, 0.4) is 0 Å². The van der Waals surface area contributed by atoms with Crippen molar-refractivity contribution < 1.29 is 19.4 Å². The van der Waals surface area contributed by atoms with Gasteiger partial charge in [-0.05, 0) is 35.9 Å². The quantitative estimate of drug-likeness (QED) is 0.443. The molecule has 0 saturated carbocycles. The predicted molar refractivity (Wildman–Crippen MR) is 108 cm³/mol. The summed E-state index contributed by atoms with van der Waals surface area (Å²) in [5.74, 6) is -0.646. The zero-order valence-corrected chi connectivity index (χ0v) is 16.1. The van der Waals surface area contributed by atoms with Crippen molar-refractivity contribution in [1.82, 2.24) is 10.2 Å². The van der Waals surface area contributed by atoms with Gasteiger partial charge in [0.25, 0.3) is 17.5 Å². The molecule has 2 aromatic rings. The van der Waals surface area contributed by atoms with Gasteiger partial charge >= 0.3 is 0 Å². The number of nitrogens with one attached hydrogen (secondary N) is 2. The molecule has 0 aliphatic carbocycles. The summed E-state index contributed by atoms with van der Waals surface area (Å²) in [7, 11) is 2.08. The molecule has 3 rings (SSSR count). The molecule has 2 N–H and O–H groups in total. The van der Waals surface area contributed by atoms with Crippen LogP contribution in [0, 0.1) is 10.1 Å². The lowest BCUT2D eigenvalue weighted by Crippen LogP contribution is -3.12. The molecular weight excluding hydrogens is 372 g/mol. The largest absolute Gasteiger partial charge is 0.334 e. The molecule has 1 fully saturated rings. The molecule has 150 valence electrons. The van der Waals surface area contributed by atoms with Gasteiger partial charge in [-0.15, -0.1) is 0 Å². The van der Waals surface area contributed by atoms with E-state index in [1.165, 1.54) is 17.0 Å². The number of non-ortho nitro benzene ring substituents is 1. The van der Waals surface area contributed by atoms with E-state index in [4.69, 9.17) is 0 Å². The van der Waals surface area contributed by atoms with Crippen LogP contribution in [0.2, 0.25) is 0 Å². The molecule has 0 bridgehead atoms. The predicted octanol–water partition coefficient (Wildman–Crippen LogP) is 0.723. The monoisotopic (exact) mass is 395 g/mol. The van der Waals surface area contributed by atoms with Crippen molar-refractivity contribution in [3.05, 3.63) is 81.5 Å². The van der Waals surface area contributed by atoms with Crippen molar-refractivity contribution in [3.8, 4) is 0 Å². The van der Waals surface area contributed by atoms with Gasteiger partial charge in [0.15, 0.2) is 0 Å². The van der Waals surface area contributed by atoms with E-state index in [0.717, 1.165) is 13.1 Å². The van der Waals surface area contributed by atoms with Crippen LogP contribution in [-0.2, 0) is 4.79 Å². The first-order valence-electron chi connectivity index (χ1n) is 9.37. The van der Waals surface area contributed by atoms with Crippen molar-refractivity contribution in [2.24, 2.45) is 0 Å². The second-order valence-electron chi connectivity index (χ2n) is 6.98. The summed E-state index contributed by atoms with van der Waals surface area (Å²) in [4.78, 5) is 39.1. The van der Waals surface area contributed by atoms with Crippen LogP contribution in [0.15, 0.2) is 60.3 Å². The van der Waals surface area contributed by atoms with Gasteiger partial charge < -0.3 is 15.1 Å². The number of piperazine rings is 1.